The lowest BCUT2D eigenvalue weighted by Gasteiger charge is -2.10. The van der Waals surface area contributed by atoms with Crippen molar-refractivity contribution in [3.8, 4) is 74.0 Å². The minimum Gasteiger partial charge on any atom is -0.456 e. The van der Waals surface area contributed by atoms with Gasteiger partial charge in [-0.25, -0.2) is 24.9 Å². The van der Waals surface area contributed by atoms with Gasteiger partial charge in [-0.15, -0.1) is 11.3 Å². The normalized spacial score (nSPS) is 11.4. The Bertz CT molecular complexity index is 3410. The molecule has 0 fully saturated rings. The number of aromatic nitrogens is 5. The van der Waals surface area contributed by atoms with Crippen LogP contribution in [0.1, 0.15) is 5.56 Å². The van der Waals surface area contributed by atoms with Gasteiger partial charge in [0.25, 0.3) is 0 Å². The van der Waals surface area contributed by atoms with Crippen molar-refractivity contribution in [2.45, 2.75) is 0 Å². The van der Waals surface area contributed by atoms with Gasteiger partial charge in [0.2, 0.25) is 0 Å². The highest BCUT2D eigenvalue weighted by atomic mass is 32.1. The lowest BCUT2D eigenvalue weighted by molar-refractivity contribution is 0.669. The van der Waals surface area contributed by atoms with E-state index in [4.69, 9.17) is 29.3 Å². The highest BCUT2D eigenvalue weighted by molar-refractivity contribution is 7.26. The van der Waals surface area contributed by atoms with Crippen LogP contribution in [0.4, 0.5) is 0 Å². The van der Waals surface area contributed by atoms with Crippen LogP contribution in [0.3, 0.4) is 0 Å². The maximum Gasteiger partial charge on any atom is 0.164 e. The van der Waals surface area contributed by atoms with E-state index in [9.17, 15) is 5.26 Å². The summed E-state index contributed by atoms with van der Waals surface area (Å²) in [5.74, 6) is 2.25. The molecule has 7 nitrogen and oxygen atoms in total. The molecule has 8 heteroatoms. The zero-order chi connectivity index (χ0) is 38.6. The van der Waals surface area contributed by atoms with E-state index in [1.54, 1.807) is 11.3 Å². The number of nitriles is 1. The van der Waals surface area contributed by atoms with E-state index >= 15 is 0 Å². The molecular weight excluding hydrogens is 733 g/mol. The molecule has 58 heavy (non-hydrogen) atoms. The fourth-order valence-electron chi connectivity index (χ4n) is 7.64. The molecule has 0 amide bonds. The molecule has 0 N–H and O–H groups in total. The first-order valence-electron chi connectivity index (χ1n) is 18.8. The summed E-state index contributed by atoms with van der Waals surface area (Å²) in [6.45, 7) is 0. The molecule has 0 unspecified atom stereocenters. The maximum absolute atomic E-state index is 9.72. The van der Waals surface area contributed by atoms with Crippen LogP contribution in [-0.2, 0) is 0 Å². The molecule has 7 aromatic carbocycles. The van der Waals surface area contributed by atoms with Crippen LogP contribution < -0.4 is 0 Å². The van der Waals surface area contributed by atoms with Gasteiger partial charge in [0.05, 0.1) is 27.5 Å². The Morgan fingerprint density at radius 3 is 1.86 bits per heavy atom. The smallest absolute Gasteiger partial charge is 0.164 e. The third-order valence-corrected chi connectivity index (χ3v) is 11.6. The molecule has 11 rings (SSSR count). The predicted molar refractivity (Wildman–Crippen MR) is 233 cm³/mol. The largest absolute Gasteiger partial charge is 0.456 e. The Kier molecular flexibility index (Phi) is 7.91. The second-order valence-electron chi connectivity index (χ2n) is 13.9. The number of nitrogens with zero attached hydrogens (tertiary/aromatic N) is 6. The lowest BCUT2D eigenvalue weighted by atomic mass is 9.99. The minimum absolute atomic E-state index is 0.523. The van der Waals surface area contributed by atoms with E-state index in [1.807, 2.05) is 127 Å². The summed E-state index contributed by atoms with van der Waals surface area (Å²) < 4.78 is 8.72. The second kappa shape index (κ2) is 13.7. The number of thiophene rings is 1. The Balaban J connectivity index is 1.09. The van der Waals surface area contributed by atoms with Crippen molar-refractivity contribution in [3.05, 3.63) is 175 Å². The number of fused-ring (bicyclic) bond motifs is 6. The summed E-state index contributed by atoms with van der Waals surface area (Å²) in [6, 6.07) is 58.7. The van der Waals surface area contributed by atoms with Crippen molar-refractivity contribution in [2.24, 2.45) is 0 Å². The Labute approximate surface area is 336 Å². The average molecular weight is 761 g/mol. The standard InChI is InChI=1S/C50H28N6OS/c51-29-35-16-7-8-17-36(35)30-22-24-33(25-23-30)48-54-47(32-14-5-2-6-15-32)55-50(56-48)38-19-11-20-41-43(38)39-28-34(26-27-40(39)57-41)49-52-44(31-12-3-1-4-13-31)46-45(53-49)37-18-9-10-21-42(37)58-46/h1-28H. The lowest BCUT2D eigenvalue weighted by Crippen LogP contribution is -2.00. The third-order valence-electron chi connectivity index (χ3n) is 10.4. The van der Waals surface area contributed by atoms with E-state index in [0.29, 0.717) is 28.9 Å². The highest BCUT2D eigenvalue weighted by Gasteiger charge is 2.21. The van der Waals surface area contributed by atoms with Gasteiger partial charge in [0.1, 0.15) is 11.2 Å². The highest BCUT2D eigenvalue weighted by Crippen LogP contribution is 2.41. The van der Waals surface area contributed by atoms with Crippen LogP contribution in [0, 0.1) is 11.3 Å². The van der Waals surface area contributed by atoms with Gasteiger partial charge in [0.15, 0.2) is 23.3 Å². The molecule has 0 atom stereocenters. The summed E-state index contributed by atoms with van der Waals surface area (Å²) in [6.07, 6.45) is 0. The van der Waals surface area contributed by atoms with Crippen LogP contribution in [0.2, 0.25) is 0 Å². The third kappa shape index (κ3) is 5.69. The number of hydrogen-bond acceptors (Lipinski definition) is 8. The van der Waals surface area contributed by atoms with Crippen molar-refractivity contribution in [3.63, 3.8) is 0 Å². The summed E-state index contributed by atoms with van der Waals surface area (Å²) in [5, 5.41) is 12.6. The van der Waals surface area contributed by atoms with E-state index in [1.165, 1.54) is 4.70 Å². The molecule has 4 aromatic heterocycles. The van der Waals surface area contributed by atoms with Crippen LogP contribution in [0.25, 0.3) is 110 Å². The number of furan rings is 1. The van der Waals surface area contributed by atoms with Gasteiger partial charge >= 0.3 is 0 Å². The fraction of sp³-hybridized carbons (Fsp3) is 0. The first-order valence-corrected chi connectivity index (χ1v) is 19.6. The minimum atomic E-state index is 0.523. The number of hydrogen-bond donors (Lipinski definition) is 0. The van der Waals surface area contributed by atoms with Gasteiger partial charge in [-0.2, -0.15) is 5.26 Å². The molecule has 270 valence electrons. The zero-order valence-corrected chi connectivity index (χ0v) is 31.5. The summed E-state index contributed by atoms with van der Waals surface area (Å²) in [7, 11) is 0. The van der Waals surface area contributed by atoms with E-state index in [0.717, 1.165) is 82.2 Å². The van der Waals surface area contributed by atoms with Crippen molar-refractivity contribution in [2.75, 3.05) is 0 Å². The summed E-state index contributed by atoms with van der Waals surface area (Å²) in [4.78, 5) is 25.6. The van der Waals surface area contributed by atoms with Crippen LogP contribution in [0.5, 0.6) is 0 Å². The van der Waals surface area contributed by atoms with Gasteiger partial charge in [-0.3, -0.25) is 0 Å². The number of benzene rings is 7. The SMILES string of the molecule is N#Cc1ccccc1-c1ccc(-c2nc(-c3ccccc3)nc(-c3cccc4oc5ccc(-c6nc(-c7ccccc7)c7sc8ccccc8c7n6)cc5c34)n2)cc1. The van der Waals surface area contributed by atoms with Crippen molar-refractivity contribution in [1.29, 1.82) is 5.26 Å². The molecule has 0 bridgehead atoms. The van der Waals surface area contributed by atoms with Gasteiger partial charge in [-0.05, 0) is 47.5 Å². The summed E-state index contributed by atoms with van der Waals surface area (Å²) >= 11 is 1.72. The molecule has 0 aliphatic rings. The van der Waals surface area contributed by atoms with Crippen molar-refractivity contribution >= 4 is 53.6 Å². The van der Waals surface area contributed by atoms with Gasteiger partial charge < -0.3 is 4.42 Å². The second-order valence-corrected chi connectivity index (χ2v) is 15.0. The quantitative estimate of drug-likeness (QED) is 0.166. The van der Waals surface area contributed by atoms with E-state index in [-0.39, 0.29) is 0 Å². The Morgan fingerprint density at radius 2 is 1.07 bits per heavy atom. The molecule has 0 saturated carbocycles. The molecule has 11 aromatic rings. The molecule has 0 spiro atoms. The van der Waals surface area contributed by atoms with Crippen molar-refractivity contribution < 1.29 is 4.42 Å². The predicted octanol–water partition coefficient (Wildman–Crippen LogP) is 12.8. The fourth-order valence-corrected chi connectivity index (χ4v) is 8.79. The molecule has 0 radical (unpaired) electrons. The average Bonchev–Trinajstić information content (AvgIpc) is 3.87. The van der Waals surface area contributed by atoms with E-state index in [2.05, 4.69) is 48.5 Å². The van der Waals surface area contributed by atoms with Gasteiger partial charge in [-0.1, -0.05) is 133 Å². The molecule has 0 saturated heterocycles. The van der Waals surface area contributed by atoms with Gasteiger partial charge in [0, 0.05) is 48.7 Å². The maximum atomic E-state index is 9.72. The van der Waals surface area contributed by atoms with Crippen LogP contribution in [0.15, 0.2) is 174 Å². The van der Waals surface area contributed by atoms with Crippen LogP contribution in [-0.4, -0.2) is 24.9 Å². The first-order chi connectivity index (χ1) is 28.7. The topological polar surface area (TPSA) is 101 Å². The molecular formula is C50H28N6OS. The van der Waals surface area contributed by atoms with Crippen LogP contribution >= 0.6 is 11.3 Å². The number of rotatable bonds is 6. The molecule has 0 aliphatic carbocycles. The van der Waals surface area contributed by atoms with E-state index < -0.39 is 0 Å². The molecule has 0 aliphatic heterocycles. The Hall–Kier alpha value is -7.86. The van der Waals surface area contributed by atoms with Crippen molar-refractivity contribution in [1.82, 2.24) is 24.9 Å². The zero-order valence-electron chi connectivity index (χ0n) is 30.7. The molecule has 4 heterocycles. The first kappa shape index (κ1) is 33.5. The monoisotopic (exact) mass is 760 g/mol. The summed E-state index contributed by atoms with van der Waals surface area (Å²) in [5.41, 5.74) is 10.2. The Morgan fingerprint density at radius 1 is 0.448 bits per heavy atom.